The highest BCUT2D eigenvalue weighted by atomic mass is 79.9. The summed E-state index contributed by atoms with van der Waals surface area (Å²) in [6.45, 7) is 16.1. The van der Waals surface area contributed by atoms with Gasteiger partial charge in [0, 0.05) is 57.9 Å². The zero-order valence-corrected chi connectivity index (χ0v) is 28.0. The molecule has 2 aromatic carbocycles. The topological polar surface area (TPSA) is 55.8 Å². The highest BCUT2D eigenvalue weighted by Crippen LogP contribution is 2.55. The molecule has 0 bridgehead atoms. The number of Topliss-reactive ketones (excluding diaryl/α,β-unsaturated/α-hetero) is 2. The van der Waals surface area contributed by atoms with Crippen molar-refractivity contribution >= 4 is 27.5 Å². The molecule has 0 atom stereocenters. The van der Waals surface area contributed by atoms with E-state index in [4.69, 9.17) is 9.47 Å². The van der Waals surface area contributed by atoms with Gasteiger partial charge in [0.1, 0.15) is 6.61 Å². The standard InChI is InChI=1S/C37H44BrNO4/c1-8-10-24-16-25(17-31(42-7)35(24)43-22-23-11-13-26(38)14-12-23)32-33-27(18-36(3,4)20-29(33)40)39(15-9-2)28-19-37(5,6)21-30(41)34(28)32/h8,11-14,16-17,32H,1,9-10,15,18-22H2,2-7H3. The summed E-state index contributed by atoms with van der Waals surface area (Å²) in [6, 6.07) is 12.1. The molecule has 0 unspecified atom stereocenters. The van der Waals surface area contributed by atoms with Crippen LogP contribution in [0.15, 0.2) is 76.1 Å². The fourth-order valence-electron chi connectivity index (χ4n) is 7.08. The molecule has 2 aromatic rings. The Morgan fingerprint density at radius 2 is 1.53 bits per heavy atom. The van der Waals surface area contributed by atoms with Crippen LogP contribution in [0.1, 0.15) is 89.3 Å². The van der Waals surface area contributed by atoms with Gasteiger partial charge in [-0.15, -0.1) is 6.58 Å². The van der Waals surface area contributed by atoms with E-state index in [1.54, 1.807) is 7.11 Å². The van der Waals surface area contributed by atoms with E-state index >= 15 is 0 Å². The molecule has 3 aliphatic rings. The lowest BCUT2D eigenvalue weighted by Gasteiger charge is -2.49. The Hall–Kier alpha value is -3.12. The van der Waals surface area contributed by atoms with E-state index in [1.807, 2.05) is 36.4 Å². The third kappa shape index (κ3) is 6.26. The van der Waals surface area contributed by atoms with Crippen molar-refractivity contribution in [3.63, 3.8) is 0 Å². The first-order valence-electron chi connectivity index (χ1n) is 15.4. The van der Waals surface area contributed by atoms with Crippen LogP contribution in [0.4, 0.5) is 0 Å². The third-order valence-corrected chi connectivity index (χ3v) is 9.37. The maximum Gasteiger partial charge on any atom is 0.165 e. The maximum absolute atomic E-state index is 14.1. The first-order chi connectivity index (χ1) is 20.4. The van der Waals surface area contributed by atoms with Crippen LogP contribution in [0, 0.1) is 10.8 Å². The van der Waals surface area contributed by atoms with Gasteiger partial charge in [-0.1, -0.05) is 74.8 Å². The van der Waals surface area contributed by atoms with Crippen LogP contribution in [-0.4, -0.2) is 30.1 Å². The van der Waals surface area contributed by atoms with Crippen molar-refractivity contribution in [2.45, 2.75) is 85.7 Å². The minimum absolute atomic E-state index is 0.140. The first-order valence-corrected chi connectivity index (χ1v) is 16.2. The molecule has 0 amide bonds. The number of halogens is 1. The van der Waals surface area contributed by atoms with Gasteiger partial charge in [0.05, 0.1) is 7.11 Å². The van der Waals surface area contributed by atoms with Crippen LogP contribution in [0.5, 0.6) is 11.5 Å². The summed E-state index contributed by atoms with van der Waals surface area (Å²) in [4.78, 5) is 30.6. The van der Waals surface area contributed by atoms with Crippen LogP contribution >= 0.6 is 15.9 Å². The van der Waals surface area contributed by atoms with Gasteiger partial charge in [-0.25, -0.2) is 0 Å². The molecule has 0 fully saturated rings. The normalized spacial score (nSPS) is 19.7. The zero-order valence-electron chi connectivity index (χ0n) is 26.4. The van der Waals surface area contributed by atoms with Gasteiger partial charge in [-0.05, 0) is 65.8 Å². The molecule has 0 saturated carbocycles. The average molecular weight is 647 g/mol. The quantitative estimate of drug-likeness (QED) is 0.255. The summed E-state index contributed by atoms with van der Waals surface area (Å²) in [6.07, 6.45) is 5.90. The molecule has 43 heavy (non-hydrogen) atoms. The van der Waals surface area contributed by atoms with Crippen molar-refractivity contribution in [2.24, 2.45) is 10.8 Å². The smallest absolute Gasteiger partial charge is 0.165 e. The summed E-state index contributed by atoms with van der Waals surface area (Å²) < 4.78 is 13.3. The Morgan fingerprint density at radius 3 is 2.05 bits per heavy atom. The van der Waals surface area contributed by atoms with Gasteiger partial charge in [-0.3, -0.25) is 9.59 Å². The lowest BCUT2D eigenvalue weighted by molar-refractivity contribution is -0.119. The average Bonchev–Trinajstić information content (AvgIpc) is 2.92. The number of hydrogen-bond donors (Lipinski definition) is 0. The monoisotopic (exact) mass is 645 g/mol. The number of carbonyl (C=O) groups excluding carboxylic acids is 2. The van der Waals surface area contributed by atoms with E-state index in [1.165, 1.54) is 0 Å². The number of ketones is 2. The Bertz CT molecular complexity index is 1460. The number of carbonyl (C=O) groups is 2. The summed E-state index contributed by atoms with van der Waals surface area (Å²) in [7, 11) is 1.64. The molecule has 6 heteroatoms. The first kappa shape index (κ1) is 31.3. The molecule has 2 aliphatic carbocycles. The third-order valence-electron chi connectivity index (χ3n) is 8.84. The van der Waals surface area contributed by atoms with E-state index in [0.29, 0.717) is 37.4 Å². The predicted octanol–water partition coefficient (Wildman–Crippen LogP) is 8.86. The van der Waals surface area contributed by atoms with Gasteiger partial charge in [0.15, 0.2) is 23.1 Å². The van der Waals surface area contributed by atoms with Crippen LogP contribution in [-0.2, 0) is 22.6 Å². The van der Waals surface area contributed by atoms with Gasteiger partial charge in [0.2, 0.25) is 0 Å². The van der Waals surface area contributed by atoms with Crippen molar-refractivity contribution in [2.75, 3.05) is 13.7 Å². The molecular formula is C37H44BrNO4. The van der Waals surface area contributed by atoms with Gasteiger partial charge in [-0.2, -0.15) is 0 Å². The molecule has 1 aliphatic heterocycles. The fraction of sp³-hybridized carbons (Fsp3) is 0.459. The molecule has 0 aromatic heterocycles. The number of allylic oxidation sites excluding steroid dienone is 5. The maximum atomic E-state index is 14.1. The van der Waals surface area contributed by atoms with Crippen molar-refractivity contribution < 1.29 is 19.1 Å². The molecule has 5 nitrogen and oxygen atoms in total. The van der Waals surface area contributed by atoms with Gasteiger partial charge in [0.25, 0.3) is 0 Å². The highest BCUT2D eigenvalue weighted by Gasteiger charge is 2.49. The second-order valence-corrected chi connectivity index (χ2v) is 14.7. The van der Waals surface area contributed by atoms with Gasteiger partial charge < -0.3 is 14.4 Å². The van der Waals surface area contributed by atoms with Crippen molar-refractivity contribution in [3.05, 3.63) is 92.8 Å². The summed E-state index contributed by atoms with van der Waals surface area (Å²) >= 11 is 3.49. The van der Waals surface area contributed by atoms with E-state index in [0.717, 1.165) is 69.5 Å². The molecule has 0 radical (unpaired) electrons. The molecule has 228 valence electrons. The van der Waals surface area contributed by atoms with Crippen LogP contribution < -0.4 is 9.47 Å². The fourth-order valence-corrected chi connectivity index (χ4v) is 7.35. The molecule has 0 saturated heterocycles. The number of nitrogens with zero attached hydrogens (tertiary/aromatic N) is 1. The lowest BCUT2D eigenvalue weighted by Crippen LogP contribution is -2.44. The van der Waals surface area contributed by atoms with Crippen molar-refractivity contribution in [3.8, 4) is 11.5 Å². The molecule has 1 heterocycles. The van der Waals surface area contributed by atoms with E-state index < -0.39 is 5.92 Å². The SMILES string of the molecule is C=CCc1cc(C2C3=C(CC(C)(C)CC3=O)N(CCC)C3=C2C(=O)CC(C)(C)C3)cc(OC)c1OCc1ccc(Br)cc1. The number of benzene rings is 2. The Balaban J connectivity index is 1.69. The molecule has 0 spiro atoms. The van der Waals surface area contributed by atoms with Crippen molar-refractivity contribution in [1.29, 1.82) is 0 Å². The lowest BCUT2D eigenvalue weighted by atomic mass is 9.63. The molecule has 5 rings (SSSR count). The van der Waals surface area contributed by atoms with Crippen LogP contribution in [0.2, 0.25) is 0 Å². The Morgan fingerprint density at radius 1 is 0.953 bits per heavy atom. The number of ether oxygens (including phenoxy) is 2. The number of hydrogen-bond acceptors (Lipinski definition) is 5. The minimum atomic E-state index is -0.428. The largest absolute Gasteiger partial charge is 0.493 e. The molecular weight excluding hydrogens is 602 g/mol. The van der Waals surface area contributed by atoms with Crippen LogP contribution in [0.25, 0.3) is 0 Å². The van der Waals surface area contributed by atoms with Gasteiger partial charge >= 0.3 is 0 Å². The van der Waals surface area contributed by atoms with Crippen LogP contribution in [0.3, 0.4) is 0 Å². The second kappa shape index (κ2) is 12.1. The minimum Gasteiger partial charge on any atom is -0.493 e. The summed E-state index contributed by atoms with van der Waals surface area (Å²) in [5.74, 6) is 1.11. The van der Waals surface area contributed by atoms with Crippen molar-refractivity contribution in [1.82, 2.24) is 4.90 Å². The number of rotatable bonds is 9. The summed E-state index contributed by atoms with van der Waals surface area (Å²) in [5.41, 5.74) is 6.34. The Labute approximate surface area is 265 Å². The predicted molar refractivity (Wildman–Crippen MR) is 175 cm³/mol. The molecule has 0 N–H and O–H groups in total. The number of methoxy groups -OCH3 is 1. The zero-order chi connectivity index (χ0) is 31.1. The van der Waals surface area contributed by atoms with E-state index in [9.17, 15) is 9.59 Å². The highest BCUT2D eigenvalue weighted by molar-refractivity contribution is 9.10. The van der Waals surface area contributed by atoms with E-state index in [2.05, 4.69) is 68.1 Å². The van der Waals surface area contributed by atoms with E-state index in [-0.39, 0.29) is 22.4 Å². The Kier molecular flexibility index (Phi) is 8.82. The summed E-state index contributed by atoms with van der Waals surface area (Å²) in [5, 5.41) is 0. The second-order valence-electron chi connectivity index (χ2n) is 13.8.